The molecule has 2 aromatic rings. The van der Waals surface area contributed by atoms with Crippen LogP contribution in [0.5, 0.6) is 0 Å². The molecule has 0 atom stereocenters. The van der Waals surface area contributed by atoms with Crippen molar-refractivity contribution in [2.75, 3.05) is 5.75 Å². The van der Waals surface area contributed by atoms with Gasteiger partial charge in [-0.2, -0.15) is 13.2 Å². The van der Waals surface area contributed by atoms with E-state index in [2.05, 4.69) is 0 Å². The molecule has 0 unspecified atom stereocenters. The third-order valence-corrected chi connectivity index (χ3v) is 5.24. The largest absolute Gasteiger partial charge is 0.673 e. The molecule has 0 heterocycles. The molecule has 2 rings (SSSR count). The van der Waals surface area contributed by atoms with Gasteiger partial charge >= 0.3 is 13.4 Å². The Labute approximate surface area is 144 Å². The fourth-order valence-corrected chi connectivity index (χ4v) is 4.11. The van der Waals surface area contributed by atoms with Crippen LogP contribution < -0.4 is 0 Å². The van der Waals surface area contributed by atoms with Crippen molar-refractivity contribution in [3.63, 3.8) is 0 Å². The molecule has 0 radical (unpaired) electrons. The van der Waals surface area contributed by atoms with Gasteiger partial charge in [0.15, 0.2) is 9.79 Å². The topological polar surface area (TPSA) is 0 Å². The fourth-order valence-electron chi connectivity index (χ4n) is 1.96. The van der Waals surface area contributed by atoms with Crippen LogP contribution >= 0.6 is 0 Å². The average molecular weight is 384 g/mol. The lowest BCUT2D eigenvalue weighted by Gasteiger charge is -2.09. The second kappa shape index (κ2) is 9.75. The maximum Gasteiger partial charge on any atom is 0.673 e. The summed E-state index contributed by atoms with van der Waals surface area (Å²) in [5.41, 5.74) is 0. The molecule has 0 bridgehead atoms. The Bertz CT molecular complexity index is 554. The molecule has 0 aliphatic heterocycles. The molecule has 0 fully saturated rings. The highest BCUT2D eigenvalue weighted by Crippen LogP contribution is 2.27. The monoisotopic (exact) mass is 384 g/mol. The standard InChI is InChI=1S/C16H16F3S.BF4/c17-16(18,19)12-7-13-20(14-8-3-1-4-9-14)15-10-5-2-6-11-15;2-1(3,4)5/h1-6,8-11H,7,12-13H2;/q+1;-1. The molecule has 0 aliphatic rings. The summed E-state index contributed by atoms with van der Waals surface area (Å²) in [5, 5.41) is 0. The zero-order valence-corrected chi connectivity index (χ0v) is 13.8. The van der Waals surface area contributed by atoms with Crippen LogP contribution in [0.3, 0.4) is 0 Å². The van der Waals surface area contributed by atoms with Gasteiger partial charge < -0.3 is 17.3 Å². The molecule has 0 saturated carbocycles. The molecule has 138 valence electrons. The lowest BCUT2D eigenvalue weighted by atomic mass is 10.3. The van der Waals surface area contributed by atoms with Crippen LogP contribution in [0.2, 0.25) is 0 Å². The Morgan fingerprint density at radius 1 is 0.720 bits per heavy atom. The van der Waals surface area contributed by atoms with Crippen molar-refractivity contribution in [1.29, 1.82) is 0 Å². The first-order valence-corrected chi connectivity index (χ1v) is 8.71. The van der Waals surface area contributed by atoms with E-state index < -0.39 is 19.9 Å². The Balaban J connectivity index is 0.000000550. The van der Waals surface area contributed by atoms with E-state index in [1.165, 1.54) is 0 Å². The van der Waals surface area contributed by atoms with Gasteiger partial charge in [0.2, 0.25) is 0 Å². The van der Waals surface area contributed by atoms with E-state index in [0.717, 1.165) is 9.79 Å². The quantitative estimate of drug-likeness (QED) is 0.320. The van der Waals surface area contributed by atoms with Gasteiger partial charge in [-0.25, -0.2) is 0 Å². The van der Waals surface area contributed by atoms with Crippen molar-refractivity contribution in [2.24, 2.45) is 0 Å². The zero-order valence-electron chi connectivity index (χ0n) is 13.0. The fraction of sp³-hybridized carbons (Fsp3) is 0.250. The molecule has 0 N–H and O–H groups in total. The van der Waals surface area contributed by atoms with Gasteiger partial charge in [0.25, 0.3) is 0 Å². The van der Waals surface area contributed by atoms with E-state index in [1.807, 2.05) is 60.7 Å². The minimum atomic E-state index is -6.00. The first kappa shape index (κ1) is 21.4. The first-order chi connectivity index (χ1) is 11.6. The molecule has 2 aromatic carbocycles. The predicted octanol–water partition coefficient (Wildman–Crippen LogP) is 6.37. The molecule has 0 aliphatic carbocycles. The smallest absolute Gasteiger partial charge is 0.418 e. The maximum absolute atomic E-state index is 12.3. The van der Waals surface area contributed by atoms with Crippen molar-refractivity contribution in [1.82, 2.24) is 0 Å². The molecular weight excluding hydrogens is 368 g/mol. The number of hydrogen-bond acceptors (Lipinski definition) is 0. The lowest BCUT2D eigenvalue weighted by molar-refractivity contribution is -0.134. The third kappa shape index (κ3) is 10.8. The van der Waals surface area contributed by atoms with Crippen LogP contribution in [0.25, 0.3) is 0 Å². The number of alkyl halides is 3. The zero-order chi connectivity index (χ0) is 18.9. The van der Waals surface area contributed by atoms with Crippen LogP contribution in [0, 0.1) is 0 Å². The van der Waals surface area contributed by atoms with E-state index in [0.29, 0.717) is 5.75 Å². The summed E-state index contributed by atoms with van der Waals surface area (Å²) in [5.74, 6) is 0.535. The normalized spacial score (nSPS) is 11.8. The van der Waals surface area contributed by atoms with Crippen molar-refractivity contribution in [2.45, 2.75) is 28.8 Å². The SMILES string of the molecule is FC(F)(F)CCC[S+](c1ccccc1)c1ccccc1.F[B-](F)(F)F. The summed E-state index contributed by atoms with van der Waals surface area (Å²) in [4.78, 5) is 2.20. The number of halogens is 7. The Morgan fingerprint density at radius 2 is 1.08 bits per heavy atom. The van der Waals surface area contributed by atoms with Crippen LogP contribution in [0.1, 0.15) is 12.8 Å². The molecular formula is C16H16BF7S. The van der Waals surface area contributed by atoms with E-state index in [-0.39, 0.29) is 17.3 Å². The molecule has 0 amide bonds. The van der Waals surface area contributed by atoms with Crippen molar-refractivity contribution >= 4 is 18.1 Å². The summed E-state index contributed by atoms with van der Waals surface area (Å²) < 4.78 is 75.9. The summed E-state index contributed by atoms with van der Waals surface area (Å²) in [6.45, 7) is 0. The van der Waals surface area contributed by atoms with Gasteiger partial charge in [-0.1, -0.05) is 36.4 Å². The average Bonchev–Trinajstić information content (AvgIpc) is 2.51. The molecule has 25 heavy (non-hydrogen) atoms. The number of rotatable bonds is 5. The van der Waals surface area contributed by atoms with Crippen LogP contribution in [0.15, 0.2) is 70.5 Å². The van der Waals surface area contributed by atoms with Gasteiger partial charge in [-0.15, -0.1) is 0 Å². The Morgan fingerprint density at radius 3 is 1.40 bits per heavy atom. The molecule has 9 heteroatoms. The minimum Gasteiger partial charge on any atom is -0.418 e. The van der Waals surface area contributed by atoms with Gasteiger partial charge in [0.05, 0.1) is 10.9 Å². The van der Waals surface area contributed by atoms with Crippen molar-refractivity contribution in [3.8, 4) is 0 Å². The Kier molecular flexibility index (Phi) is 8.35. The molecule has 0 saturated heterocycles. The highest BCUT2D eigenvalue weighted by atomic mass is 32.2. The first-order valence-electron chi connectivity index (χ1n) is 7.31. The van der Waals surface area contributed by atoms with Crippen LogP contribution in [-0.2, 0) is 10.9 Å². The molecule has 0 nitrogen and oxygen atoms in total. The van der Waals surface area contributed by atoms with E-state index in [9.17, 15) is 30.4 Å². The summed E-state index contributed by atoms with van der Waals surface area (Å²) in [6.07, 6.45) is -4.62. The second-order valence-corrected chi connectivity index (χ2v) is 7.07. The molecule has 0 spiro atoms. The lowest BCUT2D eigenvalue weighted by Crippen LogP contribution is -2.13. The predicted molar refractivity (Wildman–Crippen MR) is 87.1 cm³/mol. The van der Waals surface area contributed by atoms with Gasteiger partial charge in [0, 0.05) is 12.8 Å². The van der Waals surface area contributed by atoms with Crippen molar-refractivity contribution < 1.29 is 30.4 Å². The van der Waals surface area contributed by atoms with Crippen LogP contribution in [-0.4, -0.2) is 19.2 Å². The summed E-state index contributed by atoms with van der Waals surface area (Å²) >= 11 is 0. The van der Waals surface area contributed by atoms with Crippen molar-refractivity contribution in [3.05, 3.63) is 60.7 Å². The third-order valence-electron chi connectivity index (χ3n) is 2.86. The van der Waals surface area contributed by atoms with Gasteiger partial charge in [0.1, 0.15) is 5.75 Å². The van der Waals surface area contributed by atoms with E-state index in [4.69, 9.17) is 0 Å². The van der Waals surface area contributed by atoms with Gasteiger partial charge in [-0.05, 0) is 24.3 Å². The maximum atomic E-state index is 12.3. The number of benzene rings is 2. The van der Waals surface area contributed by atoms with Crippen LogP contribution in [0.4, 0.5) is 30.4 Å². The number of hydrogen-bond donors (Lipinski definition) is 0. The second-order valence-electron chi connectivity index (χ2n) is 4.93. The highest BCUT2D eigenvalue weighted by Gasteiger charge is 2.30. The van der Waals surface area contributed by atoms with Gasteiger partial charge in [-0.3, -0.25) is 0 Å². The summed E-state index contributed by atoms with van der Waals surface area (Å²) in [7, 11) is -6.29. The minimum absolute atomic E-state index is 0.163. The summed E-state index contributed by atoms with van der Waals surface area (Å²) in [6, 6.07) is 19.5. The van der Waals surface area contributed by atoms with E-state index in [1.54, 1.807) is 0 Å². The Hall–Kier alpha value is -1.64. The highest BCUT2D eigenvalue weighted by molar-refractivity contribution is 7.97. The molecule has 0 aromatic heterocycles. The van der Waals surface area contributed by atoms with E-state index >= 15 is 0 Å².